The predicted molar refractivity (Wildman–Crippen MR) is 93.1 cm³/mol. The van der Waals surface area contributed by atoms with Crippen LogP contribution in [0.25, 0.3) is 5.69 Å². The molecule has 3 aromatic rings. The number of hydrogen-bond acceptors (Lipinski definition) is 3. The number of halogens is 1. The van der Waals surface area contributed by atoms with Gasteiger partial charge in [-0.2, -0.15) is 0 Å². The molecule has 4 N–H and O–H groups in total. The van der Waals surface area contributed by atoms with E-state index >= 15 is 0 Å². The van der Waals surface area contributed by atoms with Gasteiger partial charge in [-0.1, -0.05) is 30.3 Å². The Morgan fingerprint density at radius 2 is 1.96 bits per heavy atom. The van der Waals surface area contributed by atoms with Crippen molar-refractivity contribution >= 4 is 0 Å². The van der Waals surface area contributed by atoms with Gasteiger partial charge >= 0.3 is 5.69 Å². The molecule has 2 heterocycles. The van der Waals surface area contributed by atoms with E-state index in [9.17, 15) is 19.1 Å². The van der Waals surface area contributed by atoms with Gasteiger partial charge in [0.15, 0.2) is 0 Å². The first-order valence-electron chi connectivity index (χ1n) is 8.31. The molecule has 1 atom stereocenters. The molecule has 4 rings (SSSR count). The van der Waals surface area contributed by atoms with Gasteiger partial charge < -0.3 is 10.4 Å². The van der Waals surface area contributed by atoms with Gasteiger partial charge in [-0.15, -0.1) is 0 Å². The molecule has 2 aromatic carbocycles. The first kappa shape index (κ1) is 16.3. The number of aromatic amines is 1. The summed E-state index contributed by atoms with van der Waals surface area (Å²) in [4.78, 5) is 27.0. The molecule has 1 aromatic heterocycles. The number of fused-ring (bicyclic) bond motifs is 1. The molecule has 0 fully saturated rings. The van der Waals surface area contributed by atoms with Crippen LogP contribution < -0.4 is 16.6 Å². The van der Waals surface area contributed by atoms with Crippen molar-refractivity contribution in [2.45, 2.75) is 12.5 Å². The van der Waals surface area contributed by atoms with Gasteiger partial charge in [0.2, 0.25) is 5.88 Å². The lowest BCUT2D eigenvalue weighted by atomic mass is 9.90. The topological polar surface area (TPSA) is 91.7 Å². The number of aromatic nitrogens is 2. The van der Waals surface area contributed by atoms with Gasteiger partial charge in [-0.3, -0.25) is 9.78 Å². The van der Waals surface area contributed by atoms with Crippen LogP contribution in [0.4, 0.5) is 4.39 Å². The fraction of sp³-hybridized carbons (Fsp3) is 0.158. The quantitative estimate of drug-likeness (QED) is 0.629. The molecule has 6 nitrogen and oxygen atoms in total. The highest BCUT2D eigenvalue weighted by Crippen LogP contribution is 2.28. The number of nitrogens with one attached hydrogen (secondary N) is 1. The molecule has 1 aliphatic rings. The molecule has 0 saturated carbocycles. The standard InChI is InChI=1S/C19H16FN3O3/c20-12-5-3-6-13(10-12)23-18(25)15(17(24)22-19(23)26)16-14-7-2-1-4-11(14)8-9-21-16/h1-7,10,16,21,25H,8-9H2,(H,22,24,26)/p+1/t16-/m0/s1. The van der Waals surface area contributed by atoms with Crippen LogP contribution in [0.3, 0.4) is 0 Å². The zero-order valence-electron chi connectivity index (χ0n) is 13.8. The van der Waals surface area contributed by atoms with Gasteiger partial charge in [0.1, 0.15) is 17.4 Å². The first-order valence-corrected chi connectivity index (χ1v) is 8.31. The van der Waals surface area contributed by atoms with Gasteiger partial charge in [0.25, 0.3) is 5.56 Å². The number of nitrogens with two attached hydrogens (primary N) is 1. The summed E-state index contributed by atoms with van der Waals surface area (Å²) in [6.45, 7) is 0.750. The summed E-state index contributed by atoms with van der Waals surface area (Å²) in [7, 11) is 0. The molecule has 0 amide bonds. The van der Waals surface area contributed by atoms with E-state index in [0.717, 1.165) is 34.7 Å². The Balaban J connectivity index is 1.96. The van der Waals surface area contributed by atoms with E-state index in [1.807, 2.05) is 29.6 Å². The summed E-state index contributed by atoms with van der Waals surface area (Å²) >= 11 is 0. The number of nitrogens with zero attached hydrogens (tertiary/aromatic N) is 1. The Labute approximate surface area is 147 Å². The highest BCUT2D eigenvalue weighted by molar-refractivity contribution is 5.43. The lowest BCUT2D eigenvalue weighted by Crippen LogP contribution is -2.87. The molecule has 0 spiro atoms. The molecule has 132 valence electrons. The first-order chi connectivity index (χ1) is 12.6. The monoisotopic (exact) mass is 354 g/mol. The minimum atomic E-state index is -0.814. The highest BCUT2D eigenvalue weighted by atomic mass is 19.1. The Hall–Kier alpha value is -3.19. The second-order valence-corrected chi connectivity index (χ2v) is 6.26. The zero-order valence-corrected chi connectivity index (χ0v) is 13.8. The van der Waals surface area contributed by atoms with E-state index in [4.69, 9.17) is 0 Å². The SMILES string of the molecule is O=c1[nH]c(=O)n(-c2cccc(F)c2)c(O)c1[C@H]1[NH2+]CCc2ccccc21. The van der Waals surface area contributed by atoms with Crippen LogP contribution in [0.2, 0.25) is 0 Å². The smallest absolute Gasteiger partial charge is 0.335 e. The maximum atomic E-state index is 13.6. The normalized spacial score (nSPS) is 16.3. The van der Waals surface area contributed by atoms with Crippen molar-refractivity contribution in [3.8, 4) is 11.6 Å². The molecule has 0 saturated heterocycles. The number of rotatable bonds is 2. The summed E-state index contributed by atoms with van der Waals surface area (Å²) in [6, 6.07) is 12.6. The van der Waals surface area contributed by atoms with Gasteiger partial charge in [0.05, 0.1) is 12.2 Å². The summed E-state index contributed by atoms with van der Waals surface area (Å²) < 4.78 is 14.5. The fourth-order valence-electron chi connectivity index (χ4n) is 3.54. The Bertz CT molecular complexity index is 1100. The van der Waals surface area contributed by atoms with E-state index in [1.165, 1.54) is 18.2 Å². The third kappa shape index (κ3) is 2.62. The van der Waals surface area contributed by atoms with Crippen molar-refractivity contribution in [3.05, 3.63) is 91.9 Å². The molecule has 7 heteroatoms. The van der Waals surface area contributed by atoms with E-state index in [2.05, 4.69) is 4.98 Å². The van der Waals surface area contributed by atoms with E-state index in [-0.39, 0.29) is 11.3 Å². The number of quaternary nitrogens is 1. The van der Waals surface area contributed by atoms with E-state index in [0.29, 0.717) is 0 Å². The summed E-state index contributed by atoms with van der Waals surface area (Å²) in [5.41, 5.74) is 0.797. The van der Waals surface area contributed by atoms with Crippen LogP contribution in [0.5, 0.6) is 5.88 Å². The van der Waals surface area contributed by atoms with E-state index < -0.39 is 29.0 Å². The fourth-order valence-corrected chi connectivity index (χ4v) is 3.54. The zero-order chi connectivity index (χ0) is 18.3. The Kier molecular flexibility index (Phi) is 3.93. The molecule has 0 unspecified atom stereocenters. The average Bonchev–Trinajstić information content (AvgIpc) is 2.61. The molecule has 0 bridgehead atoms. The summed E-state index contributed by atoms with van der Waals surface area (Å²) in [5, 5.41) is 12.7. The number of H-pyrrole nitrogens is 1. The molecular formula is C19H17FN3O3+. The maximum absolute atomic E-state index is 13.6. The molecule has 26 heavy (non-hydrogen) atoms. The average molecular weight is 354 g/mol. The molecular weight excluding hydrogens is 337 g/mol. The largest absolute Gasteiger partial charge is 0.494 e. The van der Waals surface area contributed by atoms with Gasteiger partial charge in [-0.05, 0) is 23.8 Å². The van der Waals surface area contributed by atoms with Crippen LogP contribution in [0.15, 0.2) is 58.1 Å². The summed E-state index contributed by atoms with van der Waals surface area (Å²) in [5.74, 6) is -1.02. The van der Waals surface area contributed by atoms with Crippen molar-refractivity contribution in [1.82, 2.24) is 9.55 Å². The van der Waals surface area contributed by atoms with Crippen LogP contribution >= 0.6 is 0 Å². The Morgan fingerprint density at radius 1 is 1.15 bits per heavy atom. The van der Waals surface area contributed by atoms with Crippen molar-refractivity contribution < 1.29 is 14.8 Å². The predicted octanol–water partition coefficient (Wildman–Crippen LogP) is 0.579. The number of benzene rings is 2. The number of hydrogen-bond donors (Lipinski definition) is 3. The van der Waals surface area contributed by atoms with Crippen molar-refractivity contribution in [1.29, 1.82) is 0 Å². The minimum absolute atomic E-state index is 0.0843. The van der Waals surface area contributed by atoms with Crippen molar-refractivity contribution in [2.24, 2.45) is 0 Å². The molecule has 1 aliphatic heterocycles. The third-order valence-electron chi connectivity index (χ3n) is 4.70. The van der Waals surface area contributed by atoms with Crippen LogP contribution in [-0.4, -0.2) is 21.2 Å². The van der Waals surface area contributed by atoms with Gasteiger partial charge in [-0.25, -0.2) is 13.8 Å². The summed E-state index contributed by atoms with van der Waals surface area (Å²) in [6.07, 6.45) is 0.856. The minimum Gasteiger partial charge on any atom is -0.494 e. The number of aromatic hydroxyl groups is 1. The maximum Gasteiger partial charge on any atom is 0.335 e. The highest BCUT2D eigenvalue weighted by Gasteiger charge is 2.31. The lowest BCUT2D eigenvalue weighted by molar-refractivity contribution is -0.690. The Morgan fingerprint density at radius 3 is 2.77 bits per heavy atom. The molecule has 0 aliphatic carbocycles. The van der Waals surface area contributed by atoms with Crippen molar-refractivity contribution in [3.63, 3.8) is 0 Å². The van der Waals surface area contributed by atoms with Crippen LogP contribution in [0.1, 0.15) is 22.7 Å². The van der Waals surface area contributed by atoms with E-state index in [1.54, 1.807) is 0 Å². The van der Waals surface area contributed by atoms with Gasteiger partial charge in [0, 0.05) is 12.0 Å². The molecule has 0 radical (unpaired) electrons. The third-order valence-corrected chi connectivity index (χ3v) is 4.70. The second-order valence-electron chi connectivity index (χ2n) is 6.26. The second kappa shape index (κ2) is 6.27. The van der Waals surface area contributed by atoms with Crippen molar-refractivity contribution in [2.75, 3.05) is 6.54 Å². The van der Waals surface area contributed by atoms with Crippen LogP contribution in [-0.2, 0) is 6.42 Å². The van der Waals surface area contributed by atoms with Crippen LogP contribution in [0, 0.1) is 5.82 Å². The lowest BCUT2D eigenvalue weighted by Gasteiger charge is -2.24.